The van der Waals surface area contributed by atoms with Gasteiger partial charge >= 0.3 is 0 Å². The normalized spacial score (nSPS) is 12.3. The van der Waals surface area contributed by atoms with Gasteiger partial charge in [-0.15, -0.1) is 0 Å². The van der Waals surface area contributed by atoms with Crippen LogP contribution in [0.5, 0.6) is 11.5 Å². The van der Waals surface area contributed by atoms with Crippen molar-refractivity contribution in [3.63, 3.8) is 0 Å². The molecule has 0 heterocycles. The molecule has 1 amide bonds. The number of methoxy groups -OCH3 is 1. The average Bonchev–Trinajstić information content (AvgIpc) is 2.70. The average molecular weight is 435 g/mol. The van der Waals surface area contributed by atoms with E-state index >= 15 is 0 Å². The predicted octanol–water partition coefficient (Wildman–Crippen LogP) is 3.17. The lowest BCUT2D eigenvalue weighted by atomic mass is 10.0. The Morgan fingerprint density at radius 1 is 1.03 bits per heavy atom. The van der Waals surface area contributed by atoms with Crippen molar-refractivity contribution in [2.45, 2.75) is 32.7 Å². The first-order valence-corrected chi connectivity index (χ1v) is 11.6. The number of anilines is 1. The molecule has 164 valence electrons. The van der Waals surface area contributed by atoms with Crippen LogP contribution in [-0.2, 0) is 14.8 Å². The number of hydrogen-bond acceptors (Lipinski definition) is 5. The summed E-state index contributed by atoms with van der Waals surface area (Å²) in [5.74, 6) is 1.10. The zero-order chi connectivity index (χ0) is 22.3. The number of carbonyl (C=O) groups is 1. The molecule has 2 rings (SSSR count). The van der Waals surface area contributed by atoms with Gasteiger partial charge in [0.2, 0.25) is 15.9 Å². The maximum absolute atomic E-state index is 12.6. The van der Waals surface area contributed by atoms with E-state index < -0.39 is 15.9 Å². The van der Waals surface area contributed by atoms with Crippen LogP contribution in [0.2, 0.25) is 0 Å². The Bertz CT molecular complexity index is 942. The molecule has 8 heteroatoms. The van der Waals surface area contributed by atoms with Crippen molar-refractivity contribution in [2.75, 3.05) is 30.8 Å². The zero-order valence-corrected chi connectivity index (χ0v) is 18.9. The molecule has 0 saturated heterocycles. The van der Waals surface area contributed by atoms with Crippen molar-refractivity contribution in [1.82, 2.24) is 5.32 Å². The number of nitrogens with one attached hydrogen (secondary N) is 1. The van der Waals surface area contributed by atoms with Gasteiger partial charge in [0.15, 0.2) is 0 Å². The Balaban J connectivity index is 2.02. The highest BCUT2D eigenvalue weighted by atomic mass is 32.2. The van der Waals surface area contributed by atoms with E-state index in [4.69, 9.17) is 9.47 Å². The fraction of sp³-hybridized carbons (Fsp3) is 0.409. The minimum atomic E-state index is -3.64. The van der Waals surface area contributed by atoms with Crippen molar-refractivity contribution < 1.29 is 22.7 Å². The van der Waals surface area contributed by atoms with Crippen molar-refractivity contribution in [3.05, 3.63) is 54.1 Å². The Morgan fingerprint density at radius 2 is 1.63 bits per heavy atom. The third-order valence-electron chi connectivity index (χ3n) is 4.48. The van der Waals surface area contributed by atoms with E-state index in [9.17, 15) is 13.2 Å². The highest BCUT2D eigenvalue weighted by Crippen LogP contribution is 2.28. The molecule has 0 fully saturated rings. The first-order valence-electron chi connectivity index (χ1n) is 9.74. The highest BCUT2D eigenvalue weighted by molar-refractivity contribution is 7.92. The third-order valence-corrected chi connectivity index (χ3v) is 5.61. The molecule has 1 atom stereocenters. The van der Waals surface area contributed by atoms with Crippen molar-refractivity contribution in [2.24, 2.45) is 0 Å². The summed E-state index contributed by atoms with van der Waals surface area (Å²) in [7, 11) is -2.05. The molecule has 0 saturated carbocycles. The number of para-hydroxylation sites is 1. The summed E-state index contributed by atoms with van der Waals surface area (Å²) < 4.78 is 36.7. The summed E-state index contributed by atoms with van der Waals surface area (Å²) in [5.41, 5.74) is 1.39. The molecule has 30 heavy (non-hydrogen) atoms. The monoisotopic (exact) mass is 434 g/mol. The van der Waals surface area contributed by atoms with Crippen LogP contribution >= 0.6 is 0 Å². The van der Waals surface area contributed by atoms with E-state index in [2.05, 4.69) is 5.32 Å². The Hall–Kier alpha value is -2.74. The second-order valence-electron chi connectivity index (χ2n) is 7.44. The maximum atomic E-state index is 12.6. The number of sulfonamides is 1. The smallest absolute Gasteiger partial charge is 0.241 e. The summed E-state index contributed by atoms with van der Waals surface area (Å²) in [6.07, 6.45) is 1.10. The first-order chi connectivity index (χ1) is 14.1. The van der Waals surface area contributed by atoms with Gasteiger partial charge < -0.3 is 14.8 Å². The van der Waals surface area contributed by atoms with E-state index in [0.29, 0.717) is 11.4 Å². The van der Waals surface area contributed by atoms with Gasteiger partial charge in [-0.1, -0.05) is 32.0 Å². The summed E-state index contributed by atoms with van der Waals surface area (Å²) in [6, 6.07) is 14.1. The van der Waals surface area contributed by atoms with Gasteiger partial charge in [-0.25, -0.2) is 8.42 Å². The number of benzene rings is 2. The number of ether oxygens (including phenoxy) is 2. The van der Waals surface area contributed by atoms with Crippen LogP contribution in [0.3, 0.4) is 0 Å². The van der Waals surface area contributed by atoms with Crippen molar-refractivity contribution in [3.8, 4) is 11.5 Å². The predicted molar refractivity (Wildman–Crippen MR) is 119 cm³/mol. The van der Waals surface area contributed by atoms with Crippen LogP contribution in [0.1, 0.15) is 32.3 Å². The van der Waals surface area contributed by atoms with Crippen molar-refractivity contribution >= 4 is 21.6 Å². The fourth-order valence-electron chi connectivity index (χ4n) is 2.97. The van der Waals surface area contributed by atoms with Gasteiger partial charge in [0.05, 0.1) is 25.1 Å². The fourth-order valence-corrected chi connectivity index (χ4v) is 3.85. The van der Waals surface area contributed by atoms with Crippen LogP contribution in [0.4, 0.5) is 5.69 Å². The summed E-state index contributed by atoms with van der Waals surface area (Å²) in [5, 5.41) is 2.80. The molecule has 1 N–H and O–H groups in total. The molecule has 0 aliphatic carbocycles. The minimum Gasteiger partial charge on any atom is -0.497 e. The van der Waals surface area contributed by atoms with Gasteiger partial charge in [-0.2, -0.15) is 0 Å². The summed E-state index contributed by atoms with van der Waals surface area (Å²) in [6.45, 7) is 5.72. The minimum absolute atomic E-state index is 0.116. The zero-order valence-electron chi connectivity index (χ0n) is 18.1. The molecule has 1 unspecified atom stereocenters. The molecule has 0 aromatic heterocycles. The summed E-state index contributed by atoms with van der Waals surface area (Å²) in [4.78, 5) is 12.6. The van der Waals surface area contributed by atoms with Gasteiger partial charge in [-0.3, -0.25) is 9.10 Å². The molecule has 2 aromatic carbocycles. The van der Waals surface area contributed by atoms with Gasteiger partial charge in [-0.05, 0) is 48.7 Å². The van der Waals surface area contributed by atoms with Gasteiger partial charge in [0.25, 0.3) is 0 Å². The molecule has 0 aliphatic heterocycles. The van der Waals surface area contributed by atoms with Crippen LogP contribution in [-0.4, -0.2) is 46.9 Å². The lowest BCUT2D eigenvalue weighted by molar-refractivity contribution is -0.120. The Labute approximate surface area is 179 Å². The van der Waals surface area contributed by atoms with Crippen LogP contribution in [0.25, 0.3) is 0 Å². The van der Waals surface area contributed by atoms with Gasteiger partial charge in [0, 0.05) is 0 Å². The second kappa shape index (κ2) is 10.3. The largest absolute Gasteiger partial charge is 0.497 e. The maximum Gasteiger partial charge on any atom is 0.241 e. The Morgan fingerprint density at radius 3 is 2.20 bits per heavy atom. The van der Waals surface area contributed by atoms with Crippen LogP contribution in [0, 0.1) is 0 Å². The van der Waals surface area contributed by atoms with E-state index in [1.54, 1.807) is 50.4 Å². The van der Waals surface area contributed by atoms with Crippen LogP contribution < -0.4 is 19.1 Å². The Kier molecular flexibility index (Phi) is 8.11. The molecule has 0 radical (unpaired) electrons. The third kappa shape index (κ3) is 6.66. The quantitative estimate of drug-likeness (QED) is 0.621. The molecule has 0 aliphatic rings. The molecular formula is C22H30N2O5S. The van der Waals surface area contributed by atoms with E-state index in [-0.39, 0.29) is 25.1 Å². The number of carbonyl (C=O) groups excluding carboxylic acids is 1. The molecule has 7 nitrogen and oxygen atoms in total. The first kappa shape index (κ1) is 23.5. The summed E-state index contributed by atoms with van der Waals surface area (Å²) >= 11 is 0. The molecular weight excluding hydrogens is 404 g/mol. The van der Waals surface area contributed by atoms with E-state index in [1.807, 2.05) is 26.0 Å². The number of nitrogens with zero attached hydrogens (tertiary/aromatic N) is 1. The second-order valence-corrected chi connectivity index (χ2v) is 9.35. The van der Waals surface area contributed by atoms with Gasteiger partial charge in [0.1, 0.15) is 24.7 Å². The van der Waals surface area contributed by atoms with Crippen molar-refractivity contribution in [1.29, 1.82) is 0 Å². The number of amides is 1. The standard InChI is InChI=1S/C22H30N2O5S/c1-16(2)20-8-6-7-9-21(20)24(30(5,26)27)14-22(25)23-17(3)15-29-19-12-10-18(28-4)11-13-19/h6-13,16-17H,14-15H2,1-5H3,(H,23,25). The number of hydrogen-bond donors (Lipinski definition) is 1. The SMILES string of the molecule is COc1ccc(OCC(C)NC(=O)CN(c2ccccc2C(C)C)S(C)(=O)=O)cc1. The molecule has 0 spiro atoms. The highest BCUT2D eigenvalue weighted by Gasteiger charge is 2.24. The van der Waals surface area contributed by atoms with E-state index in [0.717, 1.165) is 21.9 Å². The molecule has 0 bridgehead atoms. The van der Waals surface area contributed by atoms with Crippen LogP contribution in [0.15, 0.2) is 48.5 Å². The topological polar surface area (TPSA) is 84.9 Å². The lowest BCUT2D eigenvalue weighted by Gasteiger charge is -2.26. The number of rotatable bonds is 10. The lowest BCUT2D eigenvalue weighted by Crippen LogP contribution is -2.45. The van der Waals surface area contributed by atoms with E-state index in [1.165, 1.54) is 0 Å². The molecule has 2 aromatic rings.